The maximum Gasteiger partial charge on any atom is 0.0962 e. The Balaban J connectivity index is 2.39. The molecule has 3 heteroatoms. The van der Waals surface area contributed by atoms with Crippen molar-refractivity contribution in [2.24, 2.45) is 0 Å². The predicted molar refractivity (Wildman–Crippen MR) is 52.7 cm³/mol. The van der Waals surface area contributed by atoms with Crippen LogP contribution < -0.4 is 0 Å². The number of aromatic nitrogens is 1. The minimum absolute atomic E-state index is 0.0556. The molecule has 2 N–H and O–H groups in total. The van der Waals surface area contributed by atoms with E-state index < -0.39 is 6.10 Å². The average Bonchev–Trinajstić information content (AvgIpc) is 2.40. The molecule has 76 valence electrons. The number of hydrogen-bond acceptors (Lipinski definition) is 3. The molecule has 14 heavy (non-hydrogen) atoms. The Morgan fingerprint density at radius 1 is 1.36 bits per heavy atom. The van der Waals surface area contributed by atoms with Gasteiger partial charge in [-0.15, -0.1) is 0 Å². The van der Waals surface area contributed by atoms with Crippen molar-refractivity contribution in [2.75, 3.05) is 0 Å². The third-order valence-corrected chi connectivity index (χ3v) is 2.72. The van der Waals surface area contributed by atoms with Gasteiger partial charge < -0.3 is 10.2 Å². The van der Waals surface area contributed by atoms with Gasteiger partial charge in [0.2, 0.25) is 0 Å². The first kappa shape index (κ1) is 9.62. The van der Waals surface area contributed by atoms with Crippen molar-refractivity contribution in [2.45, 2.75) is 38.4 Å². The van der Waals surface area contributed by atoms with E-state index in [0.29, 0.717) is 5.69 Å². The Morgan fingerprint density at radius 2 is 2.21 bits per heavy atom. The van der Waals surface area contributed by atoms with Crippen molar-refractivity contribution in [3.05, 3.63) is 29.1 Å². The second-order valence-electron chi connectivity index (χ2n) is 3.77. The molecule has 0 aliphatic heterocycles. The summed E-state index contributed by atoms with van der Waals surface area (Å²) in [7, 11) is 0. The van der Waals surface area contributed by atoms with Gasteiger partial charge in [-0.1, -0.05) is 12.5 Å². The molecular formula is C11H15NO2. The predicted octanol–water partition coefficient (Wildman–Crippen LogP) is 1.33. The largest absolute Gasteiger partial charge is 0.390 e. The Morgan fingerprint density at radius 3 is 3.00 bits per heavy atom. The van der Waals surface area contributed by atoms with Gasteiger partial charge in [-0.2, -0.15) is 0 Å². The van der Waals surface area contributed by atoms with Crippen LogP contribution in [0.5, 0.6) is 0 Å². The lowest BCUT2D eigenvalue weighted by Crippen LogP contribution is -2.04. The fraction of sp³-hybridized carbons (Fsp3) is 0.545. The van der Waals surface area contributed by atoms with E-state index in [-0.39, 0.29) is 6.61 Å². The first-order valence-corrected chi connectivity index (χ1v) is 5.09. The molecule has 0 amide bonds. The molecule has 0 spiro atoms. The van der Waals surface area contributed by atoms with E-state index >= 15 is 0 Å². The van der Waals surface area contributed by atoms with E-state index in [9.17, 15) is 5.11 Å². The minimum Gasteiger partial charge on any atom is -0.390 e. The van der Waals surface area contributed by atoms with Gasteiger partial charge in [0.15, 0.2) is 0 Å². The lowest BCUT2D eigenvalue weighted by atomic mass is 10.1. The number of pyridine rings is 1. The van der Waals surface area contributed by atoms with Gasteiger partial charge in [0, 0.05) is 0 Å². The summed E-state index contributed by atoms with van der Waals surface area (Å²) in [6.07, 6.45) is 3.50. The normalized spacial score (nSPS) is 21.4. The second-order valence-corrected chi connectivity index (χ2v) is 3.77. The number of rotatable bonds is 1. The van der Waals surface area contributed by atoms with Crippen LogP contribution in [0.25, 0.3) is 0 Å². The van der Waals surface area contributed by atoms with E-state index in [0.717, 1.165) is 36.9 Å². The first-order chi connectivity index (χ1) is 6.81. The molecule has 2 rings (SSSR count). The summed E-state index contributed by atoms with van der Waals surface area (Å²) < 4.78 is 0. The Bertz CT molecular complexity index is 325. The zero-order valence-corrected chi connectivity index (χ0v) is 8.11. The average molecular weight is 193 g/mol. The number of nitrogens with zero attached hydrogens (tertiary/aromatic N) is 1. The molecule has 1 aromatic rings. The summed E-state index contributed by atoms with van der Waals surface area (Å²) in [6, 6.07) is 3.80. The lowest BCUT2D eigenvalue weighted by molar-refractivity contribution is 0.161. The van der Waals surface area contributed by atoms with Gasteiger partial charge in [-0.25, -0.2) is 0 Å². The monoisotopic (exact) mass is 193 g/mol. The first-order valence-electron chi connectivity index (χ1n) is 5.09. The van der Waals surface area contributed by atoms with Gasteiger partial charge in [-0.3, -0.25) is 4.98 Å². The van der Waals surface area contributed by atoms with E-state index in [2.05, 4.69) is 4.98 Å². The molecule has 0 radical (unpaired) electrons. The Kier molecular flexibility index (Phi) is 2.79. The fourth-order valence-corrected chi connectivity index (χ4v) is 1.92. The fourth-order valence-electron chi connectivity index (χ4n) is 1.92. The summed E-state index contributed by atoms with van der Waals surface area (Å²) in [5, 5.41) is 18.8. The number of aliphatic hydroxyl groups is 2. The number of hydrogen-bond donors (Lipinski definition) is 2. The van der Waals surface area contributed by atoms with Gasteiger partial charge >= 0.3 is 0 Å². The third-order valence-electron chi connectivity index (χ3n) is 2.72. The highest BCUT2D eigenvalue weighted by atomic mass is 16.3. The van der Waals surface area contributed by atoms with Crippen molar-refractivity contribution >= 4 is 0 Å². The van der Waals surface area contributed by atoms with Crippen LogP contribution in [0.1, 0.15) is 42.3 Å². The van der Waals surface area contributed by atoms with Gasteiger partial charge in [-0.05, 0) is 30.9 Å². The quantitative estimate of drug-likeness (QED) is 0.662. The van der Waals surface area contributed by atoms with Crippen LogP contribution in [-0.2, 0) is 13.0 Å². The van der Waals surface area contributed by atoms with Crippen LogP contribution in [0, 0.1) is 0 Å². The van der Waals surface area contributed by atoms with Crippen LogP contribution in [0.15, 0.2) is 12.1 Å². The Hall–Kier alpha value is -0.930. The summed E-state index contributed by atoms with van der Waals surface area (Å²) >= 11 is 0. The van der Waals surface area contributed by atoms with Crippen molar-refractivity contribution < 1.29 is 10.2 Å². The van der Waals surface area contributed by atoms with E-state index in [1.165, 1.54) is 0 Å². The maximum atomic E-state index is 9.82. The zero-order chi connectivity index (χ0) is 9.97. The number of aryl methyl sites for hydroxylation is 1. The molecular weight excluding hydrogens is 178 g/mol. The van der Waals surface area contributed by atoms with Gasteiger partial charge in [0.1, 0.15) is 0 Å². The molecule has 1 heterocycles. The van der Waals surface area contributed by atoms with Crippen LogP contribution in [0.3, 0.4) is 0 Å². The van der Waals surface area contributed by atoms with Crippen molar-refractivity contribution in [3.63, 3.8) is 0 Å². The third kappa shape index (κ3) is 1.79. The van der Waals surface area contributed by atoms with Crippen molar-refractivity contribution in [3.8, 4) is 0 Å². The Labute approximate surface area is 83.4 Å². The van der Waals surface area contributed by atoms with E-state index in [1.807, 2.05) is 12.1 Å². The standard InChI is InChI=1S/C11H15NO2/c13-7-9-6-5-8-3-1-2-4-10(14)11(8)12-9/h5-6,10,13-14H,1-4,7H2. The molecule has 1 aliphatic rings. The molecule has 1 unspecified atom stereocenters. The smallest absolute Gasteiger partial charge is 0.0962 e. The number of aliphatic hydroxyl groups excluding tert-OH is 2. The highest BCUT2D eigenvalue weighted by molar-refractivity contribution is 5.25. The second kappa shape index (κ2) is 4.07. The topological polar surface area (TPSA) is 53.4 Å². The zero-order valence-electron chi connectivity index (χ0n) is 8.11. The van der Waals surface area contributed by atoms with Crippen LogP contribution in [0.4, 0.5) is 0 Å². The van der Waals surface area contributed by atoms with E-state index in [1.54, 1.807) is 0 Å². The molecule has 1 aromatic heterocycles. The SMILES string of the molecule is OCc1ccc2c(n1)C(O)CCCC2. The summed E-state index contributed by atoms with van der Waals surface area (Å²) in [6.45, 7) is -0.0556. The highest BCUT2D eigenvalue weighted by Crippen LogP contribution is 2.26. The van der Waals surface area contributed by atoms with E-state index in [4.69, 9.17) is 5.11 Å². The molecule has 1 aliphatic carbocycles. The lowest BCUT2D eigenvalue weighted by Gasteiger charge is -2.11. The molecule has 1 atom stereocenters. The maximum absolute atomic E-state index is 9.82. The highest BCUT2D eigenvalue weighted by Gasteiger charge is 2.17. The minimum atomic E-state index is -0.445. The summed E-state index contributed by atoms with van der Waals surface area (Å²) in [5.41, 5.74) is 2.55. The van der Waals surface area contributed by atoms with Crippen LogP contribution >= 0.6 is 0 Å². The summed E-state index contributed by atoms with van der Waals surface area (Å²) in [4.78, 5) is 4.27. The molecule has 3 nitrogen and oxygen atoms in total. The molecule has 0 saturated carbocycles. The van der Waals surface area contributed by atoms with Crippen molar-refractivity contribution in [1.82, 2.24) is 4.98 Å². The molecule has 0 aromatic carbocycles. The molecule has 0 fully saturated rings. The summed E-state index contributed by atoms with van der Waals surface area (Å²) in [5.74, 6) is 0. The van der Waals surface area contributed by atoms with Crippen LogP contribution in [0.2, 0.25) is 0 Å². The molecule has 0 saturated heterocycles. The van der Waals surface area contributed by atoms with Crippen molar-refractivity contribution in [1.29, 1.82) is 0 Å². The van der Waals surface area contributed by atoms with Gasteiger partial charge in [0.05, 0.1) is 24.1 Å². The molecule has 0 bridgehead atoms. The van der Waals surface area contributed by atoms with Gasteiger partial charge in [0.25, 0.3) is 0 Å². The number of fused-ring (bicyclic) bond motifs is 1. The van der Waals surface area contributed by atoms with Crippen LogP contribution in [-0.4, -0.2) is 15.2 Å².